The molecule has 1 saturated carbocycles. The molecule has 0 bridgehead atoms. The van der Waals surface area contributed by atoms with Gasteiger partial charge in [-0.25, -0.2) is 0 Å². The van der Waals surface area contributed by atoms with E-state index in [9.17, 15) is 0 Å². The van der Waals surface area contributed by atoms with Crippen LogP contribution in [-0.4, -0.2) is 28.0 Å². The summed E-state index contributed by atoms with van der Waals surface area (Å²) in [7, 11) is 0. The Labute approximate surface area is 110 Å². The maximum absolute atomic E-state index is 5.73. The molecule has 0 atom stereocenters. The lowest BCUT2D eigenvalue weighted by molar-refractivity contribution is -0.00809. The molecule has 1 N–H and O–H groups in total. The molecule has 0 unspecified atom stereocenters. The van der Waals surface area contributed by atoms with Gasteiger partial charge in [-0.1, -0.05) is 0 Å². The van der Waals surface area contributed by atoms with Crippen molar-refractivity contribution < 1.29 is 4.74 Å². The molecule has 18 heavy (non-hydrogen) atoms. The molecule has 2 rings (SSSR count). The predicted octanol–water partition coefficient (Wildman–Crippen LogP) is 2.26. The molecule has 0 radical (unpaired) electrons. The molecule has 0 aromatic carbocycles. The van der Waals surface area contributed by atoms with E-state index in [1.165, 1.54) is 24.1 Å². The lowest BCUT2D eigenvalue weighted by atomic mass is 10.2. The van der Waals surface area contributed by atoms with Crippen LogP contribution >= 0.6 is 0 Å². The second kappa shape index (κ2) is 5.41. The van der Waals surface area contributed by atoms with E-state index < -0.39 is 0 Å². The van der Waals surface area contributed by atoms with E-state index in [2.05, 4.69) is 38.1 Å². The fourth-order valence-corrected chi connectivity index (χ4v) is 1.86. The fraction of sp³-hybridized carbons (Fsp3) is 0.786. The first kappa shape index (κ1) is 13.6. The Kier molecular flexibility index (Phi) is 4.07. The van der Waals surface area contributed by atoms with Crippen molar-refractivity contribution in [3.05, 3.63) is 17.5 Å². The Bertz CT molecular complexity index is 388. The summed E-state index contributed by atoms with van der Waals surface area (Å²) in [6.45, 7) is 10.8. The lowest BCUT2D eigenvalue weighted by Crippen LogP contribution is -2.22. The monoisotopic (exact) mass is 251 g/mol. The van der Waals surface area contributed by atoms with Crippen LogP contribution in [-0.2, 0) is 17.8 Å². The van der Waals surface area contributed by atoms with Gasteiger partial charge in [0, 0.05) is 23.8 Å². The van der Waals surface area contributed by atoms with E-state index in [4.69, 9.17) is 4.74 Å². The number of hydrogen-bond donors (Lipinski definition) is 1. The molecule has 4 nitrogen and oxygen atoms in total. The summed E-state index contributed by atoms with van der Waals surface area (Å²) < 4.78 is 7.77. The second-order valence-electron chi connectivity index (χ2n) is 6.09. The van der Waals surface area contributed by atoms with Crippen molar-refractivity contribution in [3.8, 4) is 0 Å². The molecule has 1 fully saturated rings. The molecular weight excluding hydrogens is 226 g/mol. The van der Waals surface area contributed by atoms with Gasteiger partial charge in [0.25, 0.3) is 0 Å². The number of hydrogen-bond acceptors (Lipinski definition) is 3. The number of aromatic nitrogens is 2. The third kappa shape index (κ3) is 4.10. The van der Waals surface area contributed by atoms with Gasteiger partial charge in [-0.15, -0.1) is 0 Å². The van der Waals surface area contributed by atoms with Crippen molar-refractivity contribution in [3.63, 3.8) is 0 Å². The molecule has 1 aromatic heterocycles. The number of nitrogens with one attached hydrogen (secondary N) is 1. The quantitative estimate of drug-likeness (QED) is 0.843. The molecule has 1 aliphatic rings. The van der Waals surface area contributed by atoms with E-state index in [-0.39, 0.29) is 5.60 Å². The highest BCUT2D eigenvalue weighted by atomic mass is 16.5. The van der Waals surface area contributed by atoms with Crippen molar-refractivity contribution in [1.82, 2.24) is 15.1 Å². The topological polar surface area (TPSA) is 39.1 Å². The van der Waals surface area contributed by atoms with Crippen LogP contribution in [0.3, 0.4) is 0 Å². The zero-order valence-electron chi connectivity index (χ0n) is 12.0. The summed E-state index contributed by atoms with van der Waals surface area (Å²) in [6, 6.07) is 0.747. The zero-order valence-corrected chi connectivity index (χ0v) is 12.0. The normalized spacial score (nSPS) is 16.2. The highest BCUT2D eigenvalue weighted by Crippen LogP contribution is 2.19. The average molecular weight is 251 g/mol. The molecule has 0 amide bonds. The number of ether oxygens (including phenoxy) is 1. The molecule has 4 heteroatoms. The predicted molar refractivity (Wildman–Crippen MR) is 72.5 cm³/mol. The summed E-state index contributed by atoms with van der Waals surface area (Å²) in [5.74, 6) is 0. The van der Waals surface area contributed by atoms with Crippen LogP contribution in [0, 0.1) is 6.92 Å². The van der Waals surface area contributed by atoms with Gasteiger partial charge in [0.15, 0.2) is 0 Å². The molecule has 102 valence electrons. The van der Waals surface area contributed by atoms with Gasteiger partial charge in [0.1, 0.15) is 0 Å². The smallest absolute Gasteiger partial charge is 0.0669 e. The van der Waals surface area contributed by atoms with Crippen LogP contribution in [0.15, 0.2) is 6.20 Å². The Balaban J connectivity index is 1.81. The largest absolute Gasteiger partial charge is 0.374 e. The van der Waals surface area contributed by atoms with Gasteiger partial charge in [-0.05, 0) is 40.5 Å². The van der Waals surface area contributed by atoms with Gasteiger partial charge in [-0.3, -0.25) is 4.68 Å². The molecular formula is C14H25N3O. The summed E-state index contributed by atoms with van der Waals surface area (Å²) in [6.07, 6.45) is 4.63. The van der Waals surface area contributed by atoms with Crippen LogP contribution in [0.2, 0.25) is 0 Å². The molecule has 1 heterocycles. The van der Waals surface area contributed by atoms with E-state index in [0.717, 1.165) is 19.1 Å². The maximum Gasteiger partial charge on any atom is 0.0669 e. The van der Waals surface area contributed by atoms with Gasteiger partial charge < -0.3 is 10.1 Å². The first-order chi connectivity index (χ1) is 8.46. The van der Waals surface area contributed by atoms with E-state index in [1.807, 2.05) is 10.9 Å². The number of rotatable bonds is 6. The van der Waals surface area contributed by atoms with E-state index in [0.29, 0.717) is 6.61 Å². The average Bonchev–Trinajstić information content (AvgIpc) is 3.03. The minimum absolute atomic E-state index is 0.0720. The van der Waals surface area contributed by atoms with Crippen LogP contribution in [0.4, 0.5) is 0 Å². The summed E-state index contributed by atoms with van der Waals surface area (Å²) in [4.78, 5) is 0. The van der Waals surface area contributed by atoms with Crippen LogP contribution in [0.1, 0.15) is 44.9 Å². The first-order valence-electron chi connectivity index (χ1n) is 6.84. The maximum atomic E-state index is 5.73. The van der Waals surface area contributed by atoms with Crippen molar-refractivity contribution in [2.45, 2.75) is 65.3 Å². The molecule has 1 aromatic rings. The van der Waals surface area contributed by atoms with Gasteiger partial charge in [0.2, 0.25) is 0 Å². The van der Waals surface area contributed by atoms with Crippen LogP contribution in [0.5, 0.6) is 0 Å². The van der Waals surface area contributed by atoms with E-state index in [1.54, 1.807) is 0 Å². The summed E-state index contributed by atoms with van der Waals surface area (Å²) in [5.41, 5.74) is 2.48. The Morgan fingerprint density at radius 1 is 1.44 bits per heavy atom. The highest BCUT2D eigenvalue weighted by Gasteiger charge is 2.20. The molecule has 1 aliphatic carbocycles. The van der Waals surface area contributed by atoms with Gasteiger partial charge in [0.05, 0.1) is 24.9 Å². The second-order valence-corrected chi connectivity index (χ2v) is 6.09. The summed E-state index contributed by atoms with van der Waals surface area (Å²) >= 11 is 0. The van der Waals surface area contributed by atoms with Crippen molar-refractivity contribution >= 4 is 0 Å². The third-order valence-electron chi connectivity index (χ3n) is 3.20. The van der Waals surface area contributed by atoms with E-state index >= 15 is 0 Å². The first-order valence-corrected chi connectivity index (χ1v) is 6.84. The Morgan fingerprint density at radius 3 is 2.78 bits per heavy atom. The molecule has 0 aliphatic heterocycles. The Morgan fingerprint density at radius 2 is 2.17 bits per heavy atom. The van der Waals surface area contributed by atoms with Crippen LogP contribution < -0.4 is 5.32 Å². The van der Waals surface area contributed by atoms with Crippen molar-refractivity contribution in [1.29, 1.82) is 0 Å². The summed E-state index contributed by atoms with van der Waals surface area (Å²) in [5, 5.41) is 7.95. The highest BCUT2D eigenvalue weighted by molar-refractivity contribution is 5.16. The van der Waals surface area contributed by atoms with Gasteiger partial charge in [-0.2, -0.15) is 5.10 Å². The fourth-order valence-electron chi connectivity index (χ4n) is 1.86. The SMILES string of the molecule is Cc1c(CNC2CC2)cnn1CCOC(C)(C)C. The van der Waals surface area contributed by atoms with Crippen LogP contribution in [0.25, 0.3) is 0 Å². The lowest BCUT2D eigenvalue weighted by Gasteiger charge is -2.19. The van der Waals surface area contributed by atoms with Crippen molar-refractivity contribution in [2.24, 2.45) is 0 Å². The molecule has 0 saturated heterocycles. The standard InChI is InChI=1S/C14H25N3O/c1-11-12(9-15-13-5-6-13)10-16-17(11)7-8-18-14(2,3)4/h10,13,15H,5-9H2,1-4H3. The third-order valence-corrected chi connectivity index (χ3v) is 3.20. The van der Waals surface area contributed by atoms with Gasteiger partial charge >= 0.3 is 0 Å². The Hall–Kier alpha value is -0.870. The number of nitrogens with zero attached hydrogens (tertiary/aromatic N) is 2. The van der Waals surface area contributed by atoms with Crippen molar-refractivity contribution in [2.75, 3.05) is 6.61 Å². The molecule has 0 spiro atoms. The zero-order chi connectivity index (χ0) is 13.2. The minimum Gasteiger partial charge on any atom is -0.374 e. The minimum atomic E-state index is -0.0720.